The fraction of sp³-hybridized carbons (Fsp3) is 0.250. The van der Waals surface area contributed by atoms with Crippen molar-refractivity contribution < 1.29 is 14.0 Å². The second kappa shape index (κ2) is 10.5. The number of aromatic nitrogens is 3. The molecule has 35 heavy (non-hydrogen) atoms. The zero-order valence-corrected chi connectivity index (χ0v) is 21.9. The maximum absolute atomic E-state index is 14.8. The van der Waals surface area contributed by atoms with E-state index in [2.05, 4.69) is 36.6 Å². The van der Waals surface area contributed by atoms with Crippen LogP contribution in [0.3, 0.4) is 0 Å². The first-order valence-electron chi connectivity index (χ1n) is 10.8. The first kappa shape index (κ1) is 25.3. The largest absolute Gasteiger partial charge is 0.347 e. The van der Waals surface area contributed by atoms with Crippen LogP contribution in [0.5, 0.6) is 0 Å². The third-order valence-electron chi connectivity index (χ3n) is 5.61. The van der Waals surface area contributed by atoms with E-state index < -0.39 is 17.6 Å². The highest BCUT2D eigenvalue weighted by Crippen LogP contribution is 2.33. The molecule has 3 aromatic rings. The molecule has 2 aromatic heterocycles. The lowest BCUT2D eigenvalue weighted by Crippen LogP contribution is -2.34. The molecule has 182 valence electrons. The van der Waals surface area contributed by atoms with E-state index >= 15 is 0 Å². The number of benzene rings is 1. The van der Waals surface area contributed by atoms with Crippen LogP contribution in [0, 0.1) is 12.8 Å². The molecule has 1 aromatic carbocycles. The summed E-state index contributed by atoms with van der Waals surface area (Å²) in [6.45, 7) is 3.57. The van der Waals surface area contributed by atoms with Crippen molar-refractivity contribution in [1.82, 2.24) is 20.1 Å². The topological polar surface area (TPSA) is 88.9 Å². The number of hydrogen-bond donors (Lipinski definition) is 2. The number of anilines is 1. The number of hydrogen-bond acceptors (Lipinski definition) is 4. The van der Waals surface area contributed by atoms with Gasteiger partial charge >= 0.3 is 0 Å². The Morgan fingerprint density at radius 1 is 1.29 bits per heavy atom. The van der Waals surface area contributed by atoms with Crippen LogP contribution < -0.4 is 10.6 Å². The first-order chi connectivity index (χ1) is 16.6. The fourth-order valence-corrected chi connectivity index (χ4v) is 4.49. The number of carbonyl (C=O) groups excluding carboxylic acids is 2. The SMILES string of the molecule is Cc1cc(Cl)cc(C=C(F)C(=O)NC(C)C2CC2)c1NC(=O)c1cc(Br)nn1-c1ncccc1Cl. The zero-order chi connectivity index (χ0) is 25.3. The van der Waals surface area contributed by atoms with Crippen molar-refractivity contribution in [1.29, 1.82) is 0 Å². The minimum Gasteiger partial charge on any atom is -0.347 e. The van der Waals surface area contributed by atoms with E-state index in [9.17, 15) is 14.0 Å². The minimum atomic E-state index is -0.984. The van der Waals surface area contributed by atoms with Crippen LogP contribution in [0.4, 0.5) is 10.1 Å². The van der Waals surface area contributed by atoms with E-state index in [1.165, 1.54) is 23.0 Å². The van der Waals surface area contributed by atoms with Gasteiger partial charge in [0.1, 0.15) is 10.3 Å². The molecular formula is C24H21BrCl2FN5O2. The van der Waals surface area contributed by atoms with Gasteiger partial charge < -0.3 is 10.6 Å². The number of rotatable bonds is 7. The Kier molecular flexibility index (Phi) is 7.59. The molecule has 0 spiro atoms. The summed E-state index contributed by atoms with van der Waals surface area (Å²) in [5.41, 5.74) is 1.26. The minimum absolute atomic E-state index is 0.112. The first-order valence-corrected chi connectivity index (χ1v) is 12.3. The maximum Gasteiger partial charge on any atom is 0.280 e. The van der Waals surface area contributed by atoms with Crippen molar-refractivity contribution in [3.05, 3.63) is 73.8 Å². The highest BCUT2D eigenvalue weighted by Gasteiger charge is 2.29. The smallest absolute Gasteiger partial charge is 0.280 e. The molecule has 1 aliphatic carbocycles. The van der Waals surface area contributed by atoms with Gasteiger partial charge in [0.25, 0.3) is 11.8 Å². The van der Waals surface area contributed by atoms with Gasteiger partial charge in [0.05, 0.1) is 10.7 Å². The third kappa shape index (κ3) is 5.91. The van der Waals surface area contributed by atoms with Crippen LogP contribution in [0.15, 0.2) is 47.0 Å². The predicted octanol–water partition coefficient (Wildman–Crippen LogP) is 6.12. The standard InChI is InChI=1S/C24H21BrCl2FN5O2/c1-12-8-16(26)9-15(10-18(28)23(34)30-13(2)14-5-6-14)21(12)31-24(35)19-11-20(25)32-33(19)22-17(27)4-3-7-29-22/h3-4,7-11,13-14H,5-6H2,1-2H3,(H,30,34)(H,31,35). The molecule has 7 nitrogen and oxygen atoms in total. The summed E-state index contributed by atoms with van der Waals surface area (Å²) in [6.07, 6.45) is 4.63. The van der Waals surface area contributed by atoms with E-state index in [4.69, 9.17) is 23.2 Å². The molecule has 11 heteroatoms. The molecule has 4 rings (SSSR count). The average Bonchev–Trinajstić information content (AvgIpc) is 3.58. The Morgan fingerprint density at radius 2 is 2.03 bits per heavy atom. The molecule has 2 heterocycles. The molecule has 1 atom stereocenters. The van der Waals surface area contributed by atoms with Crippen LogP contribution in [0.1, 0.15) is 41.4 Å². The van der Waals surface area contributed by atoms with Gasteiger partial charge in [-0.1, -0.05) is 23.2 Å². The van der Waals surface area contributed by atoms with Gasteiger partial charge in [-0.25, -0.2) is 14.1 Å². The lowest BCUT2D eigenvalue weighted by molar-refractivity contribution is -0.119. The van der Waals surface area contributed by atoms with Crippen LogP contribution >= 0.6 is 39.1 Å². The summed E-state index contributed by atoms with van der Waals surface area (Å²) in [7, 11) is 0. The van der Waals surface area contributed by atoms with Gasteiger partial charge in [0, 0.05) is 28.9 Å². The number of aryl methyl sites for hydroxylation is 1. The molecule has 0 saturated heterocycles. The number of carbonyl (C=O) groups is 2. The van der Waals surface area contributed by atoms with E-state index in [1.54, 1.807) is 25.1 Å². The summed E-state index contributed by atoms with van der Waals surface area (Å²) in [5.74, 6) is -1.69. The Hall–Kier alpha value is -2.75. The second-order valence-corrected chi connectivity index (χ2v) is 9.96. The number of amides is 2. The highest BCUT2D eigenvalue weighted by molar-refractivity contribution is 9.10. The van der Waals surface area contributed by atoms with Crippen LogP contribution in [0.2, 0.25) is 10.0 Å². The molecule has 1 unspecified atom stereocenters. The molecule has 0 radical (unpaired) electrons. The van der Waals surface area contributed by atoms with Crippen molar-refractivity contribution in [2.45, 2.75) is 32.7 Å². The van der Waals surface area contributed by atoms with E-state index in [1.807, 2.05) is 6.92 Å². The molecule has 2 N–H and O–H groups in total. The number of pyridine rings is 1. The number of nitrogens with zero attached hydrogens (tertiary/aromatic N) is 3. The molecular weight excluding hydrogens is 560 g/mol. The molecule has 1 fully saturated rings. The fourth-order valence-electron chi connectivity index (χ4n) is 3.63. The van der Waals surface area contributed by atoms with Crippen molar-refractivity contribution in [3.63, 3.8) is 0 Å². The lowest BCUT2D eigenvalue weighted by atomic mass is 10.1. The molecule has 1 saturated carbocycles. The van der Waals surface area contributed by atoms with Gasteiger partial charge in [-0.15, -0.1) is 0 Å². The van der Waals surface area contributed by atoms with Crippen molar-refractivity contribution in [2.24, 2.45) is 5.92 Å². The second-order valence-electron chi connectivity index (χ2n) is 8.31. The van der Waals surface area contributed by atoms with Crippen LogP contribution in [-0.2, 0) is 4.79 Å². The monoisotopic (exact) mass is 579 g/mol. The summed E-state index contributed by atoms with van der Waals surface area (Å²) >= 11 is 15.7. The summed E-state index contributed by atoms with van der Waals surface area (Å²) in [5, 5.41) is 10.4. The summed E-state index contributed by atoms with van der Waals surface area (Å²) in [4.78, 5) is 29.8. The Balaban J connectivity index is 1.65. The van der Waals surface area contributed by atoms with Crippen LogP contribution in [0.25, 0.3) is 11.9 Å². The summed E-state index contributed by atoms with van der Waals surface area (Å²) in [6, 6.07) is 7.80. The maximum atomic E-state index is 14.8. The lowest BCUT2D eigenvalue weighted by Gasteiger charge is -2.15. The third-order valence-corrected chi connectivity index (χ3v) is 6.51. The van der Waals surface area contributed by atoms with Gasteiger partial charge in [-0.2, -0.15) is 5.10 Å². The molecule has 0 bridgehead atoms. The van der Waals surface area contributed by atoms with E-state index in [0.29, 0.717) is 31.8 Å². The molecule has 0 aliphatic heterocycles. The molecule has 2 amide bonds. The van der Waals surface area contributed by atoms with Gasteiger partial charge in [0.2, 0.25) is 0 Å². The van der Waals surface area contributed by atoms with Crippen molar-refractivity contribution in [3.8, 4) is 5.82 Å². The Labute approximate surface area is 219 Å². The highest BCUT2D eigenvalue weighted by atomic mass is 79.9. The van der Waals surface area contributed by atoms with E-state index in [0.717, 1.165) is 18.9 Å². The Morgan fingerprint density at radius 3 is 2.71 bits per heavy atom. The predicted molar refractivity (Wildman–Crippen MR) is 138 cm³/mol. The van der Waals surface area contributed by atoms with Gasteiger partial charge in [0.15, 0.2) is 11.6 Å². The van der Waals surface area contributed by atoms with Crippen molar-refractivity contribution >= 4 is 62.7 Å². The molecule has 1 aliphatic rings. The van der Waals surface area contributed by atoms with Crippen molar-refractivity contribution in [2.75, 3.05) is 5.32 Å². The normalized spacial score (nSPS) is 14.5. The average molecular weight is 581 g/mol. The number of halogens is 4. The van der Waals surface area contributed by atoms with Gasteiger partial charge in [-0.05, 0) is 84.4 Å². The van der Waals surface area contributed by atoms with Gasteiger partial charge in [-0.3, -0.25) is 9.59 Å². The summed E-state index contributed by atoms with van der Waals surface area (Å²) < 4.78 is 16.5. The quantitative estimate of drug-likeness (QED) is 0.329. The number of nitrogens with one attached hydrogen (secondary N) is 2. The van der Waals surface area contributed by atoms with E-state index in [-0.39, 0.29) is 23.1 Å². The Bertz CT molecular complexity index is 1340. The zero-order valence-electron chi connectivity index (χ0n) is 18.8. The van der Waals surface area contributed by atoms with Crippen LogP contribution in [-0.4, -0.2) is 32.6 Å².